The third-order valence-electron chi connectivity index (χ3n) is 4.33. The molecular weight excluding hydrogens is 288 g/mol. The number of likely N-dealkylation sites (N-methyl/N-ethyl adjacent to an activating group) is 1. The highest BCUT2D eigenvalue weighted by Crippen LogP contribution is 2.20. The van der Waals surface area contributed by atoms with Crippen molar-refractivity contribution >= 4 is 5.91 Å². The topological polar surface area (TPSA) is 45.5 Å². The second-order valence-electron chi connectivity index (χ2n) is 6.23. The quantitative estimate of drug-likeness (QED) is 0.891. The number of amides is 1. The van der Waals surface area contributed by atoms with Crippen LogP contribution in [-0.2, 0) is 6.42 Å². The zero-order valence-electron chi connectivity index (χ0n) is 14.6. The van der Waals surface area contributed by atoms with Crippen molar-refractivity contribution in [3.63, 3.8) is 0 Å². The van der Waals surface area contributed by atoms with E-state index in [0.717, 1.165) is 17.7 Å². The second-order valence-corrected chi connectivity index (χ2v) is 6.23. The summed E-state index contributed by atoms with van der Waals surface area (Å²) in [5.41, 5.74) is 2.86. The lowest BCUT2D eigenvalue weighted by molar-refractivity contribution is 0.0939. The summed E-state index contributed by atoms with van der Waals surface area (Å²) in [4.78, 5) is 14.6. The van der Waals surface area contributed by atoms with Gasteiger partial charge in [-0.25, -0.2) is 0 Å². The molecule has 0 aliphatic carbocycles. The standard InChI is InChI=1S/C19H26N2O2/c1-13-14(2)23-15(3)18(13)19(22)20-12-17(21(4)5)11-16-9-7-6-8-10-16/h6-10,17H,11-12H2,1-5H3,(H,20,22). The molecule has 4 heteroatoms. The predicted molar refractivity (Wildman–Crippen MR) is 92.9 cm³/mol. The largest absolute Gasteiger partial charge is 0.466 e. The van der Waals surface area contributed by atoms with Crippen LogP contribution in [0.4, 0.5) is 0 Å². The first-order valence-corrected chi connectivity index (χ1v) is 7.95. The molecule has 1 aromatic heterocycles. The van der Waals surface area contributed by atoms with Crippen molar-refractivity contribution in [3.05, 3.63) is 58.5 Å². The lowest BCUT2D eigenvalue weighted by Gasteiger charge is -2.24. The Hall–Kier alpha value is -2.07. The van der Waals surface area contributed by atoms with Crippen molar-refractivity contribution in [1.29, 1.82) is 0 Å². The van der Waals surface area contributed by atoms with Crippen LogP contribution < -0.4 is 5.32 Å². The van der Waals surface area contributed by atoms with E-state index in [1.165, 1.54) is 5.56 Å². The fourth-order valence-electron chi connectivity index (χ4n) is 2.75. The third kappa shape index (κ3) is 4.23. The number of carbonyl (C=O) groups is 1. The molecule has 1 atom stereocenters. The van der Waals surface area contributed by atoms with Crippen molar-refractivity contribution in [1.82, 2.24) is 10.2 Å². The van der Waals surface area contributed by atoms with Gasteiger partial charge in [0.1, 0.15) is 11.5 Å². The summed E-state index contributed by atoms with van der Waals surface area (Å²) in [5.74, 6) is 1.43. The molecule has 0 aliphatic heterocycles. The minimum Gasteiger partial charge on any atom is -0.466 e. The molecular formula is C19H26N2O2. The molecule has 2 rings (SSSR count). The second kappa shape index (κ2) is 7.47. The van der Waals surface area contributed by atoms with Crippen molar-refractivity contribution < 1.29 is 9.21 Å². The van der Waals surface area contributed by atoms with Gasteiger partial charge in [0.05, 0.1) is 5.56 Å². The molecule has 1 heterocycles. The number of hydrogen-bond acceptors (Lipinski definition) is 3. The summed E-state index contributed by atoms with van der Waals surface area (Å²) in [5, 5.41) is 3.06. The zero-order valence-corrected chi connectivity index (χ0v) is 14.6. The molecule has 0 aliphatic rings. The van der Waals surface area contributed by atoms with Crippen LogP contribution in [0.3, 0.4) is 0 Å². The highest BCUT2D eigenvalue weighted by Gasteiger charge is 2.20. The molecule has 0 fully saturated rings. The molecule has 1 N–H and O–H groups in total. The fourth-order valence-corrected chi connectivity index (χ4v) is 2.75. The van der Waals surface area contributed by atoms with Gasteiger partial charge in [-0.05, 0) is 46.9 Å². The minimum absolute atomic E-state index is 0.0586. The number of nitrogens with zero attached hydrogens (tertiary/aromatic N) is 1. The van der Waals surface area contributed by atoms with E-state index in [1.807, 2.05) is 53.1 Å². The Labute approximate surface area is 138 Å². The Morgan fingerprint density at radius 2 is 1.78 bits per heavy atom. The first kappa shape index (κ1) is 17.3. The van der Waals surface area contributed by atoms with Crippen LogP contribution in [0, 0.1) is 20.8 Å². The van der Waals surface area contributed by atoms with Crippen LogP contribution in [0.15, 0.2) is 34.7 Å². The summed E-state index contributed by atoms with van der Waals surface area (Å²) in [6, 6.07) is 10.6. The smallest absolute Gasteiger partial charge is 0.255 e. The summed E-state index contributed by atoms with van der Waals surface area (Å²) < 4.78 is 5.55. The van der Waals surface area contributed by atoms with Gasteiger partial charge in [-0.15, -0.1) is 0 Å². The van der Waals surface area contributed by atoms with Gasteiger partial charge < -0.3 is 14.6 Å². The Morgan fingerprint density at radius 1 is 1.13 bits per heavy atom. The minimum atomic E-state index is -0.0586. The first-order chi connectivity index (χ1) is 10.9. The van der Waals surface area contributed by atoms with Gasteiger partial charge >= 0.3 is 0 Å². The van der Waals surface area contributed by atoms with Crippen LogP contribution in [0.5, 0.6) is 0 Å². The maximum absolute atomic E-state index is 12.5. The lowest BCUT2D eigenvalue weighted by atomic mass is 10.0. The van der Waals surface area contributed by atoms with E-state index in [0.29, 0.717) is 17.9 Å². The van der Waals surface area contributed by atoms with Gasteiger partial charge in [-0.3, -0.25) is 4.79 Å². The Kier molecular flexibility index (Phi) is 5.61. The van der Waals surface area contributed by atoms with Gasteiger partial charge in [0, 0.05) is 18.2 Å². The molecule has 0 saturated heterocycles. The van der Waals surface area contributed by atoms with E-state index in [9.17, 15) is 4.79 Å². The van der Waals surface area contributed by atoms with Crippen molar-refractivity contribution in [3.8, 4) is 0 Å². The van der Waals surface area contributed by atoms with Crippen LogP contribution in [0.2, 0.25) is 0 Å². The van der Waals surface area contributed by atoms with Crippen LogP contribution in [-0.4, -0.2) is 37.5 Å². The van der Waals surface area contributed by atoms with Gasteiger partial charge in [0.2, 0.25) is 0 Å². The van der Waals surface area contributed by atoms with Crippen molar-refractivity contribution in [2.45, 2.75) is 33.2 Å². The van der Waals surface area contributed by atoms with E-state index in [-0.39, 0.29) is 11.9 Å². The Bertz CT molecular complexity index is 660. The summed E-state index contributed by atoms with van der Waals surface area (Å²) in [7, 11) is 4.08. The molecule has 1 aromatic carbocycles. The lowest BCUT2D eigenvalue weighted by Crippen LogP contribution is -2.41. The zero-order chi connectivity index (χ0) is 17.0. The molecule has 4 nitrogen and oxygen atoms in total. The van der Waals surface area contributed by atoms with Gasteiger partial charge in [0.25, 0.3) is 5.91 Å². The maximum atomic E-state index is 12.5. The van der Waals surface area contributed by atoms with Crippen LogP contribution >= 0.6 is 0 Å². The fraction of sp³-hybridized carbons (Fsp3) is 0.421. The predicted octanol–water partition coefficient (Wildman–Crippen LogP) is 3.11. The molecule has 0 bridgehead atoms. The molecule has 124 valence electrons. The average Bonchev–Trinajstić information content (AvgIpc) is 2.77. The summed E-state index contributed by atoms with van der Waals surface area (Å²) in [6.07, 6.45) is 0.899. The van der Waals surface area contributed by atoms with E-state index in [1.54, 1.807) is 0 Å². The molecule has 0 spiro atoms. The highest BCUT2D eigenvalue weighted by molar-refractivity contribution is 5.96. The van der Waals surface area contributed by atoms with Gasteiger partial charge in [-0.2, -0.15) is 0 Å². The van der Waals surface area contributed by atoms with Crippen LogP contribution in [0.25, 0.3) is 0 Å². The summed E-state index contributed by atoms with van der Waals surface area (Å²) >= 11 is 0. The number of rotatable bonds is 6. The molecule has 0 radical (unpaired) electrons. The maximum Gasteiger partial charge on any atom is 0.255 e. The van der Waals surface area contributed by atoms with E-state index >= 15 is 0 Å². The highest BCUT2D eigenvalue weighted by atomic mass is 16.3. The monoisotopic (exact) mass is 314 g/mol. The molecule has 1 unspecified atom stereocenters. The molecule has 1 amide bonds. The third-order valence-corrected chi connectivity index (χ3v) is 4.33. The molecule has 0 saturated carbocycles. The molecule has 2 aromatic rings. The van der Waals surface area contributed by atoms with Gasteiger partial charge in [-0.1, -0.05) is 30.3 Å². The SMILES string of the molecule is Cc1oc(C)c(C(=O)NCC(Cc2ccccc2)N(C)C)c1C. The first-order valence-electron chi connectivity index (χ1n) is 7.95. The Balaban J connectivity index is 2.02. The number of carbonyl (C=O) groups excluding carboxylic acids is 1. The van der Waals surface area contributed by atoms with Crippen molar-refractivity contribution in [2.75, 3.05) is 20.6 Å². The van der Waals surface area contributed by atoms with Gasteiger partial charge in [0.15, 0.2) is 0 Å². The number of nitrogens with one attached hydrogen (secondary N) is 1. The van der Waals surface area contributed by atoms with Crippen LogP contribution in [0.1, 0.15) is 33.0 Å². The normalized spacial score (nSPS) is 12.4. The van der Waals surface area contributed by atoms with E-state index in [4.69, 9.17) is 4.42 Å². The average molecular weight is 314 g/mol. The van der Waals surface area contributed by atoms with E-state index in [2.05, 4.69) is 22.3 Å². The number of hydrogen-bond donors (Lipinski definition) is 1. The Morgan fingerprint density at radius 3 is 2.30 bits per heavy atom. The summed E-state index contributed by atoms with van der Waals surface area (Å²) in [6.45, 7) is 6.25. The number of furan rings is 1. The number of benzene rings is 1. The molecule has 23 heavy (non-hydrogen) atoms. The number of aryl methyl sites for hydroxylation is 2. The van der Waals surface area contributed by atoms with Crippen molar-refractivity contribution in [2.24, 2.45) is 0 Å². The van der Waals surface area contributed by atoms with E-state index < -0.39 is 0 Å².